The fraction of sp³-hybridized carbons (Fsp3) is 0.333. The molecule has 0 saturated heterocycles. The predicted octanol–water partition coefficient (Wildman–Crippen LogP) is 5.31. The van der Waals surface area contributed by atoms with E-state index in [1.165, 1.54) is 0 Å². The van der Waals surface area contributed by atoms with Gasteiger partial charge in [0.1, 0.15) is 0 Å². The van der Waals surface area contributed by atoms with Crippen LogP contribution in [0.25, 0.3) is 6.08 Å². The summed E-state index contributed by atoms with van der Waals surface area (Å²) in [6.07, 6.45) is 5.00. The van der Waals surface area contributed by atoms with Gasteiger partial charge in [0.05, 0.1) is 13.2 Å². The Kier molecular flexibility index (Phi) is 7.06. The van der Waals surface area contributed by atoms with E-state index in [0.29, 0.717) is 30.6 Å². The van der Waals surface area contributed by atoms with Crippen LogP contribution in [0.3, 0.4) is 0 Å². The van der Waals surface area contributed by atoms with Crippen molar-refractivity contribution in [3.05, 3.63) is 64.9 Å². The Bertz CT molecular complexity index is 930. The first-order valence-electron chi connectivity index (χ1n) is 10.1. The normalized spacial score (nSPS) is 14.7. The average Bonchev–Trinajstić information content (AvgIpc) is 3.07. The van der Waals surface area contributed by atoms with E-state index >= 15 is 0 Å². The highest BCUT2D eigenvalue weighted by atomic mass is 16.6. The summed E-state index contributed by atoms with van der Waals surface area (Å²) in [5.74, 6) is 1.24. The first kappa shape index (κ1) is 20.6. The molecular formula is C24H27NO4. The Morgan fingerprint density at radius 2 is 1.90 bits per heavy atom. The molecule has 1 heterocycles. The van der Waals surface area contributed by atoms with Crippen molar-refractivity contribution in [1.29, 1.82) is 0 Å². The highest BCUT2D eigenvalue weighted by Crippen LogP contribution is 2.30. The molecule has 0 saturated carbocycles. The Morgan fingerprint density at radius 3 is 2.66 bits per heavy atom. The van der Waals surface area contributed by atoms with E-state index in [1.54, 1.807) is 6.08 Å². The molecule has 0 fully saturated rings. The summed E-state index contributed by atoms with van der Waals surface area (Å²) in [6.45, 7) is 7.26. The van der Waals surface area contributed by atoms with Gasteiger partial charge in [-0.15, -0.1) is 0 Å². The number of benzene rings is 2. The van der Waals surface area contributed by atoms with E-state index in [-0.39, 0.29) is 5.70 Å². The smallest absolute Gasteiger partial charge is 0.363 e. The summed E-state index contributed by atoms with van der Waals surface area (Å²) in [4.78, 5) is 16.6. The number of aliphatic imine (C=N–C) groups is 1. The highest BCUT2D eigenvalue weighted by molar-refractivity contribution is 6.12. The first-order chi connectivity index (χ1) is 14.1. The van der Waals surface area contributed by atoms with Crippen LogP contribution in [0.15, 0.2) is 53.2 Å². The van der Waals surface area contributed by atoms with Crippen molar-refractivity contribution in [1.82, 2.24) is 0 Å². The number of nitrogens with zero attached hydrogens (tertiary/aromatic N) is 1. The van der Waals surface area contributed by atoms with E-state index < -0.39 is 5.97 Å². The van der Waals surface area contributed by atoms with E-state index in [9.17, 15) is 4.79 Å². The summed E-state index contributed by atoms with van der Waals surface area (Å²) >= 11 is 0. The minimum Gasteiger partial charge on any atom is -0.490 e. The van der Waals surface area contributed by atoms with E-state index in [2.05, 4.69) is 11.9 Å². The summed E-state index contributed by atoms with van der Waals surface area (Å²) in [5.41, 5.74) is 2.93. The van der Waals surface area contributed by atoms with E-state index in [0.717, 1.165) is 36.0 Å². The van der Waals surface area contributed by atoms with Gasteiger partial charge >= 0.3 is 5.97 Å². The van der Waals surface area contributed by atoms with Crippen molar-refractivity contribution in [2.24, 2.45) is 4.99 Å². The molecule has 0 bridgehead atoms. The number of rotatable bonds is 9. The Balaban J connectivity index is 1.81. The summed E-state index contributed by atoms with van der Waals surface area (Å²) in [6, 6.07) is 13.3. The maximum absolute atomic E-state index is 12.3. The molecule has 0 spiro atoms. The fourth-order valence-electron chi connectivity index (χ4n) is 3.00. The molecule has 2 aromatic rings. The topological polar surface area (TPSA) is 57.1 Å². The lowest BCUT2D eigenvalue weighted by molar-refractivity contribution is -0.129. The number of ether oxygens (including phenoxy) is 3. The number of unbranched alkanes of at least 4 members (excludes halogenated alkanes) is 2. The van der Waals surface area contributed by atoms with Gasteiger partial charge < -0.3 is 14.2 Å². The third-order valence-corrected chi connectivity index (χ3v) is 4.46. The van der Waals surface area contributed by atoms with Crippen molar-refractivity contribution in [3.63, 3.8) is 0 Å². The molecule has 3 rings (SSSR count). The number of hydrogen-bond donors (Lipinski definition) is 0. The van der Waals surface area contributed by atoms with Gasteiger partial charge in [0, 0.05) is 5.56 Å². The third-order valence-electron chi connectivity index (χ3n) is 4.46. The van der Waals surface area contributed by atoms with Crippen molar-refractivity contribution in [2.75, 3.05) is 13.2 Å². The lowest BCUT2D eigenvalue weighted by Crippen LogP contribution is -2.05. The monoisotopic (exact) mass is 393 g/mol. The molecule has 0 unspecified atom stereocenters. The standard InChI is InChI=1S/C24H27NO4/c1-4-6-7-13-28-21-12-11-18(16-22(21)27-5-2)15-20-24(26)29-23(25-20)19-10-8-9-17(3)14-19/h8-12,14-16H,4-7,13H2,1-3H3/b20-15-. The minimum absolute atomic E-state index is 0.264. The van der Waals surface area contributed by atoms with Crippen LogP contribution in [-0.2, 0) is 9.53 Å². The summed E-state index contributed by atoms with van der Waals surface area (Å²) < 4.78 is 16.9. The van der Waals surface area contributed by atoms with Gasteiger partial charge in [0.2, 0.25) is 5.90 Å². The van der Waals surface area contributed by atoms with Gasteiger partial charge in [0.15, 0.2) is 17.2 Å². The minimum atomic E-state index is -0.459. The van der Waals surface area contributed by atoms with E-state index in [1.807, 2.05) is 56.3 Å². The molecule has 5 nitrogen and oxygen atoms in total. The molecule has 0 aromatic heterocycles. The molecule has 0 N–H and O–H groups in total. The van der Waals surface area contributed by atoms with Crippen molar-refractivity contribution < 1.29 is 19.0 Å². The zero-order valence-electron chi connectivity index (χ0n) is 17.2. The second-order valence-corrected chi connectivity index (χ2v) is 6.90. The number of cyclic esters (lactones) is 1. The first-order valence-corrected chi connectivity index (χ1v) is 10.1. The van der Waals surface area contributed by atoms with Crippen molar-refractivity contribution >= 4 is 17.9 Å². The Morgan fingerprint density at radius 1 is 1.03 bits per heavy atom. The van der Waals surface area contributed by atoms with Crippen LogP contribution >= 0.6 is 0 Å². The zero-order valence-corrected chi connectivity index (χ0v) is 17.2. The highest BCUT2D eigenvalue weighted by Gasteiger charge is 2.24. The van der Waals surface area contributed by atoms with Gasteiger partial charge in [-0.05, 0) is 56.2 Å². The van der Waals surface area contributed by atoms with Crippen molar-refractivity contribution in [3.8, 4) is 11.5 Å². The van der Waals surface area contributed by atoms with Crippen LogP contribution in [0, 0.1) is 6.92 Å². The van der Waals surface area contributed by atoms with Crippen LogP contribution in [0.4, 0.5) is 0 Å². The Labute approximate surface area is 172 Å². The molecular weight excluding hydrogens is 366 g/mol. The lowest BCUT2D eigenvalue weighted by atomic mass is 10.1. The molecule has 2 aromatic carbocycles. The SMILES string of the molecule is CCCCCOc1ccc(/C=C2\N=C(c3cccc(C)c3)OC2=O)cc1OCC. The molecule has 5 heteroatoms. The number of carbonyl (C=O) groups is 1. The van der Waals surface area contributed by atoms with Crippen molar-refractivity contribution in [2.45, 2.75) is 40.0 Å². The average molecular weight is 393 g/mol. The van der Waals surface area contributed by atoms with Crippen LogP contribution in [0.1, 0.15) is 49.8 Å². The third kappa shape index (κ3) is 5.47. The molecule has 0 radical (unpaired) electrons. The molecule has 1 aliphatic rings. The largest absolute Gasteiger partial charge is 0.490 e. The van der Waals surface area contributed by atoms with Gasteiger partial charge in [-0.25, -0.2) is 9.79 Å². The lowest BCUT2D eigenvalue weighted by Gasteiger charge is -2.12. The number of hydrogen-bond acceptors (Lipinski definition) is 5. The fourth-order valence-corrected chi connectivity index (χ4v) is 3.00. The van der Waals surface area contributed by atoms with Crippen LogP contribution in [-0.4, -0.2) is 25.1 Å². The Hall–Kier alpha value is -3.08. The second-order valence-electron chi connectivity index (χ2n) is 6.90. The number of aryl methyl sites for hydroxylation is 1. The van der Waals surface area contributed by atoms with E-state index in [4.69, 9.17) is 14.2 Å². The van der Waals surface area contributed by atoms with Gasteiger partial charge in [-0.1, -0.05) is 43.5 Å². The summed E-state index contributed by atoms with van der Waals surface area (Å²) in [7, 11) is 0. The molecule has 0 atom stereocenters. The van der Waals surface area contributed by atoms with Gasteiger partial charge in [0.25, 0.3) is 0 Å². The van der Waals surface area contributed by atoms with Crippen LogP contribution < -0.4 is 9.47 Å². The van der Waals surface area contributed by atoms with Crippen LogP contribution in [0.5, 0.6) is 11.5 Å². The maximum atomic E-state index is 12.3. The molecule has 0 amide bonds. The molecule has 1 aliphatic heterocycles. The molecule has 152 valence electrons. The molecule has 29 heavy (non-hydrogen) atoms. The summed E-state index contributed by atoms with van der Waals surface area (Å²) in [5, 5.41) is 0. The second kappa shape index (κ2) is 9.92. The number of esters is 1. The predicted molar refractivity (Wildman–Crippen MR) is 114 cm³/mol. The molecule has 0 aliphatic carbocycles. The van der Waals surface area contributed by atoms with Gasteiger partial charge in [-0.3, -0.25) is 0 Å². The van der Waals surface area contributed by atoms with Gasteiger partial charge in [-0.2, -0.15) is 0 Å². The zero-order chi connectivity index (χ0) is 20.6. The van der Waals surface area contributed by atoms with Crippen LogP contribution in [0.2, 0.25) is 0 Å². The quantitative estimate of drug-likeness (QED) is 0.329. The number of carbonyl (C=O) groups excluding carboxylic acids is 1. The maximum Gasteiger partial charge on any atom is 0.363 e.